The number of nitrogens with zero attached hydrogens (tertiary/aromatic N) is 2. The second-order valence-electron chi connectivity index (χ2n) is 5.29. The van der Waals surface area contributed by atoms with Gasteiger partial charge < -0.3 is 10.3 Å². The summed E-state index contributed by atoms with van der Waals surface area (Å²) in [7, 11) is 2.10. The Hall–Kier alpha value is -1.88. The highest BCUT2D eigenvalue weighted by atomic mass is 32.1. The molecule has 3 N–H and O–H groups in total. The van der Waals surface area contributed by atoms with Crippen LogP contribution in [0.1, 0.15) is 29.7 Å². The highest BCUT2D eigenvalue weighted by molar-refractivity contribution is 7.80. The van der Waals surface area contributed by atoms with Crippen molar-refractivity contribution in [3.05, 3.63) is 35.0 Å². The lowest BCUT2D eigenvalue weighted by Gasteiger charge is -2.16. The van der Waals surface area contributed by atoms with E-state index in [0.29, 0.717) is 0 Å². The summed E-state index contributed by atoms with van der Waals surface area (Å²) in [5, 5.41) is 5.93. The minimum atomic E-state index is 0.208. The fourth-order valence-corrected chi connectivity index (χ4v) is 3.08. The van der Waals surface area contributed by atoms with Gasteiger partial charge in [0.15, 0.2) is 5.11 Å². The molecule has 0 bridgehead atoms. The van der Waals surface area contributed by atoms with Gasteiger partial charge >= 0.3 is 0 Å². The number of rotatable bonds is 1. The van der Waals surface area contributed by atoms with Crippen molar-refractivity contribution in [3.63, 3.8) is 0 Å². The van der Waals surface area contributed by atoms with Gasteiger partial charge in [0.05, 0.1) is 11.4 Å². The van der Waals surface area contributed by atoms with Crippen LogP contribution in [0, 0.1) is 6.92 Å². The Morgan fingerprint density at radius 3 is 2.95 bits per heavy atom. The van der Waals surface area contributed by atoms with Crippen LogP contribution < -0.4 is 11.2 Å². The molecular weight excluding hydrogens is 268 g/mol. The minimum absolute atomic E-state index is 0.208. The Balaban J connectivity index is 2.21. The predicted molar refractivity (Wildman–Crippen MR) is 87.1 cm³/mol. The van der Waals surface area contributed by atoms with Crippen LogP contribution in [0.2, 0.25) is 0 Å². The summed E-state index contributed by atoms with van der Waals surface area (Å²) in [5.41, 5.74) is 14.4. The Labute approximate surface area is 123 Å². The van der Waals surface area contributed by atoms with Crippen molar-refractivity contribution in [3.8, 4) is 0 Å². The number of thiocarbonyl (C=S) groups is 1. The quantitative estimate of drug-likeness (QED) is 0.625. The van der Waals surface area contributed by atoms with E-state index in [9.17, 15) is 0 Å². The van der Waals surface area contributed by atoms with E-state index in [1.54, 1.807) is 0 Å². The van der Waals surface area contributed by atoms with Crippen LogP contribution in [0.4, 0.5) is 0 Å². The summed E-state index contributed by atoms with van der Waals surface area (Å²) in [6, 6.07) is 6.59. The molecule has 0 spiro atoms. The Morgan fingerprint density at radius 2 is 2.20 bits per heavy atom. The van der Waals surface area contributed by atoms with Gasteiger partial charge in [0, 0.05) is 18.0 Å². The van der Waals surface area contributed by atoms with Crippen LogP contribution in [0.15, 0.2) is 23.3 Å². The third kappa shape index (κ3) is 2.08. The van der Waals surface area contributed by atoms with E-state index in [1.165, 1.54) is 27.7 Å². The number of hydrogen-bond donors (Lipinski definition) is 2. The van der Waals surface area contributed by atoms with Crippen LogP contribution in [0.3, 0.4) is 0 Å². The molecule has 0 aliphatic heterocycles. The molecule has 0 saturated carbocycles. The van der Waals surface area contributed by atoms with Crippen LogP contribution in [-0.2, 0) is 13.5 Å². The van der Waals surface area contributed by atoms with Crippen molar-refractivity contribution in [2.75, 3.05) is 0 Å². The number of hydrazone groups is 1. The van der Waals surface area contributed by atoms with Crippen LogP contribution in [0.25, 0.3) is 10.9 Å². The third-order valence-corrected chi connectivity index (χ3v) is 3.97. The molecule has 1 heterocycles. The van der Waals surface area contributed by atoms with Crippen molar-refractivity contribution in [1.82, 2.24) is 9.99 Å². The molecular formula is C15H18N4S. The lowest BCUT2D eigenvalue weighted by atomic mass is 9.93. The SMILES string of the molecule is Cc1ccc2c(c1)c1c(n2C)C(=NNC(N)=S)CCC1. The van der Waals surface area contributed by atoms with Crippen molar-refractivity contribution < 1.29 is 0 Å². The zero-order valence-electron chi connectivity index (χ0n) is 11.7. The van der Waals surface area contributed by atoms with Gasteiger partial charge in [0.2, 0.25) is 0 Å². The van der Waals surface area contributed by atoms with E-state index in [-0.39, 0.29) is 5.11 Å². The molecule has 1 aliphatic rings. The molecule has 5 heteroatoms. The largest absolute Gasteiger partial charge is 0.375 e. The highest BCUT2D eigenvalue weighted by Gasteiger charge is 2.23. The zero-order chi connectivity index (χ0) is 14.3. The van der Waals surface area contributed by atoms with Crippen molar-refractivity contribution in [1.29, 1.82) is 0 Å². The molecule has 1 aromatic heterocycles. The fraction of sp³-hybridized carbons (Fsp3) is 0.333. The van der Waals surface area contributed by atoms with Crippen molar-refractivity contribution in [2.45, 2.75) is 26.2 Å². The Morgan fingerprint density at radius 1 is 1.40 bits per heavy atom. The van der Waals surface area contributed by atoms with Gasteiger partial charge in [-0.1, -0.05) is 11.6 Å². The molecule has 20 heavy (non-hydrogen) atoms. The summed E-state index contributed by atoms with van der Waals surface area (Å²) in [6.07, 6.45) is 3.16. The number of nitrogens with two attached hydrogens (primary N) is 1. The van der Waals surface area contributed by atoms with E-state index in [0.717, 1.165) is 25.0 Å². The summed E-state index contributed by atoms with van der Waals surface area (Å²) in [5.74, 6) is 0. The highest BCUT2D eigenvalue weighted by Crippen LogP contribution is 2.32. The van der Waals surface area contributed by atoms with Crippen LogP contribution >= 0.6 is 12.2 Å². The molecule has 1 aliphatic carbocycles. The summed E-state index contributed by atoms with van der Waals surface area (Å²) in [6.45, 7) is 2.13. The maximum absolute atomic E-state index is 5.47. The van der Waals surface area contributed by atoms with Crippen LogP contribution in [0.5, 0.6) is 0 Å². The maximum Gasteiger partial charge on any atom is 0.184 e. The fourth-order valence-electron chi connectivity index (χ4n) is 3.04. The molecule has 0 saturated heterocycles. The van der Waals surface area contributed by atoms with E-state index in [1.807, 2.05) is 0 Å². The number of aromatic nitrogens is 1. The lowest BCUT2D eigenvalue weighted by molar-refractivity contribution is 0.804. The summed E-state index contributed by atoms with van der Waals surface area (Å²) >= 11 is 4.83. The normalized spacial score (nSPS) is 16.4. The summed E-state index contributed by atoms with van der Waals surface area (Å²) < 4.78 is 2.23. The first-order valence-electron chi connectivity index (χ1n) is 6.78. The van der Waals surface area contributed by atoms with Gasteiger partial charge in [0.1, 0.15) is 0 Å². The zero-order valence-corrected chi connectivity index (χ0v) is 12.5. The summed E-state index contributed by atoms with van der Waals surface area (Å²) in [4.78, 5) is 0. The van der Waals surface area contributed by atoms with Gasteiger partial charge in [-0.3, -0.25) is 5.43 Å². The Bertz CT molecular complexity index is 727. The molecule has 0 amide bonds. The van der Waals surface area contributed by atoms with Crippen molar-refractivity contribution in [2.24, 2.45) is 17.9 Å². The molecule has 0 radical (unpaired) electrons. The smallest absolute Gasteiger partial charge is 0.184 e. The first kappa shape index (κ1) is 13.1. The second kappa shape index (κ2) is 4.90. The van der Waals surface area contributed by atoms with Gasteiger partial charge in [-0.2, -0.15) is 5.10 Å². The van der Waals surface area contributed by atoms with Gasteiger partial charge in [-0.25, -0.2) is 0 Å². The van der Waals surface area contributed by atoms with Gasteiger partial charge in [0.25, 0.3) is 0 Å². The third-order valence-electron chi connectivity index (χ3n) is 3.87. The number of aryl methyl sites for hydroxylation is 3. The average molecular weight is 286 g/mol. The Kier molecular flexibility index (Phi) is 3.22. The van der Waals surface area contributed by atoms with E-state index in [2.05, 4.69) is 47.3 Å². The molecule has 104 valence electrons. The average Bonchev–Trinajstić information content (AvgIpc) is 2.70. The molecule has 3 rings (SSSR count). The van der Waals surface area contributed by atoms with E-state index >= 15 is 0 Å². The maximum atomic E-state index is 5.47. The number of fused-ring (bicyclic) bond motifs is 3. The number of benzene rings is 1. The predicted octanol–water partition coefficient (Wildman–Crippen LogP) is 2.36. The van der Waals surface area contributed by atoms with Gasteiger partial charge in [-0.05, 0) is 56.1 Å². The first-order valence-corrected chi connectivity index (χ1v) is 7.19. The van der Waals surface area contributed by atoms with Crippen LogP contribution in [-0.4, -0.2) is 15.4 Å². The molecule has 2 aromatic rings. The minimum Gasteiger partial charge on any atom is -0.375 e. The molecule has 0 fully saturated rings. The second-order valence-corrected chi connectivity index (χ2v) is 5.73. The topological polar surface area (TPSA) is 55.3 Å². The molecule has 4 nitrogen and oxygen atoms in total. The van der Waals surface area contributed by atoms with E-state index in [4.69, 9.17) is 18.0 Å². The molecule has 1 aromatic carbocycles. The molecule has 0 atom stereocenters. The standard InChI is InChI=1S/C15H18N4S/c1-9-6-7-13-11(8-9)10-4-3-5-12(14(10)19(13)2)17-18-15(16)20/h6-8H,3-5H2,1-2H3,(H3,16,18,20). The van der Waals surface area contributed by atoms with Crippen molar-refractivity contribution >= 4 is 33.9 Å². The monoisotopic (exact) mass is 286 g/mol. The van der Waals surface area contributed by atoms with E-state index < -0.39 is 0 Å². The number of nitrogens with one attached hydrogen (secondary N) is 1. The first-order chi connectivity index (χ1) is 9.58. The molecule has 0 unspecified atom stereocenters. The lowest BCUT2D eigenvalue weighted by Crippen LogP contribution is -2.27. The van der Waals surface area contributed by atoms with Gasteiger partial charge in [-0.15, -0.1) is 0 Å². The number of hydrogen-bond acceptors (Lipinski definition) is 2.